The lowest BCUT2D eigenvalue weighted by atomic mass is 9.93. The molecule has 0 fully saturated rings. The SMILES string of the molecule is Cc1ccccc1C1CC(O)c2ccccc2O1. The third-order valence-electron chi connectivity index (χ3n) is 3.52. The van der Waals surface area contributed by atoms with Gasteiger partial charge in [0.05, 0.1) is 6.10 Å². The minimum Gasteiger partial charge on any atom is -0.485 e. The van der Waals surface area contributed by atoms with Gasteiger partial charge in [0.1, 0.15) is 11.9 Å². The van der Waals surface area contributed by atoms with E-state index in [4.69, 9.17) is 4.74 Å². The van der Waals surface area contributed by atoms with Crippen molar-refractivity contribution in [3.8, 4) is 5.75 Å². The number of rotatable bonds is 1. The van der Waals surface area contributed by atoms with Crippen LogP contribution < -0.4 is 4.74 Å². The molecule has 0 saturated carbocycles. The molecule has 3 rings (SSSR count). The number of ether oxygens (including phenoxy) is 1. The van der Waals surface area contributed by atoms with Crippen LogP contribution in [0.15, 0.2) is 48.5 Å². The van der Waals surface area contributed by atoms with Crippen LogP contribution in [0.4, 0.5) is 0 Å². The number of benzene rings is 2. The molecule has 0 radical (unpaired) electrons. The zero-order chi connectivity index (χ0) is 12.5. The van der Waals surface area contributed by atoms with Gasteiger partial charge in [-0.05, 0) is 24.1 Å². The lowest BCUT2D eigenvalue weighted by molar-refractivity contribution is 0.0655. The summed E-state index contributed by atoms with van der Waals surface area (Å²) < 4.78 is 6.01. The van der Waals surface area contributed by atoms with Crippen LogP contribution in [0.2, 0.25) is 0 Å². The molecular formula is C16H16O2. The van der Waals surface area contributed by atoms with E-state index in [1.165, 1.54) is 5.56 Å². The molecule has 2 heteroatoms. The summed E-state index contributed by atoms with van der Waals surface area (Å²) in [6, 6.07) is 15.9. The Balaban J connectivity index is 1.97. The molecule has 1 N–H and O–H groups in total. The first-order chi connectivity index (χ1) is 8.75. The van der Waals surface area contributed by atoms with Gasteiger partial charge < -0.3 is 9.84 Å². The Hall–Kier alpha value is -1.80. The highest BCUT2D eigenvalue weighted by Gasteiger charge is 2.28. The standard InChI is InChI=1S/C16H16O2/c1-11-6-2-3-7-12(11)16-10-14(17)13-8-4-5-9-15(13)18-16/h2-9,14,16-17H,10H2,1H3. The Labute approximate surface area is 107 Å². The number of aryl methyl sites for hydroxylation is 1. The van der Waals surface area contributed by atoms with Crippen LogP contribution in [-0.2, 0) is 0 Å². The van der Waals surface area contributed by atoms with E-state index in [1.54, 1.807) is 0 Å². The van der Waals surface area contributed by atoms with E-state index in [0.29, 0.717) is 6.42 Å². The van der Waals surface area contributed by atoms with Gasteiger partial charge in [0.2, 0.25) is 0 Å². The Morgan fingerprint density at radius 1 is 1.00 bits per heavy atom. The van der Waals surface area contributed by atoms with Crippen LogP contribution in [0.5, 0.6) is 5.75 Å². The molecule has 0 aliphatic carbocycles. The molecule has 0 amide bonds. The summed E-state index contributed by atoms with van der Waals surface area (Å²) >= 11 is 0. The van der Waals surface area contributed by atoms with Gasteiger partial charge in [0, 0.05) is 12.0 Å². The number of para-hydroxylation sites is 1. The largest absolute Gasteiger partial charge is 0.485 e. The zero-order valence-electron chi connectivity index (χ0n) is 10.3. The quantitative estimate of drug-likeness (QED) is 0.826. The highest BCUT2D eigenvalue weighted by molar-refractivity contribution is 5.39. The molecular weight excluding hydrogens is 224 g/mol. The van der Waals surface area contributed by atoms with Gasteiger partial charge in [-0.1, -0.05) is 42.5 Å². The zero-order valence-corrected chi connectivity index (χ0v) is 10.3. The lowest BCUT2D eigenvalue weighted by Gasteiger charge is -2.30. The smallest absolute Gasteiger partial charge is 0.127 e. The summed E-state index contributed by atoms with van der Waals surface area (Å²) in [6.45, 7) is 2.07. The number of aliphatic hydroxyl groups excluding tert-OH is 1. The second-order valence-electron chi connectivity index (χ2n) is 4.75. The topological polar surface area (TPSA) is 29.5 Å². The molecule has 92 valence electrons. The van der Waals surface area contributed by atoms with E-state index in [2.05, 4.69) is 19.1 Å². The number of hydrogen-bond donors (Lipinski definition) is 1. The minimum atomic E-state index is -0.445. The summed E-state index contributed by atoms with van der Waals surface area (Å²) in [5, 5.41) is 10.2. The van der Waals surface area contributed by atoms with Crippen LogP contribution in [-0.4, -0.2) is 5.11 Å². The first-order valence-electron chi connectivity index (χ1n) is 6.25. The lowest BCUT2D eigenvalue weighted by Crippen LogP contribution is -2.19. The molecule has 0 bridgehead atoms. The molecule has 1 aliphatic rings. The van der Waals surface area contributed by atoms with Crippen LogP contribution >= 0.6 is 0 Å². The van der Waals surface area contributed by atoms with Gasteiger partial charge >= 0.3 is 0 Å². The summed E-state index contributed by atoms with van der Waals surface area (Å²) in [5.41, 5.74) is 3.25. The Kier molecular flexibility index (Phi) is 2.80. The van der Waals surface area contributed by atoms with Crippen LogP contribution in [0.3, 0.4) is 0 Å². The van der Waals surface area contributed by atoms with E-state index in [0.717, 1.165) is 16.9 Å². The fraction of sp³-hybridized carbons (Fsp3) is 0.250. The third kappa shape index (κ3) is 1.89. The predicted molar refractivity (Wildman–Crippen MR) is 70.6 cm³/mol. The molecule has 2 atom stereocenters. The van der Waals surface area contributed by atoms with Crippen molar-refractivity contribution in [2.24, 2.45) is 0 Å². The summed E-state index contributed by atoms with van der Waals surface area (Å²) in [7, 11) is 0. The summed E-state index contributed by atoms with van der Waals surface area (Å²) in [6.07, 6.45) is 0.109. The maximum atomic E-state index is 10.2. The van der Waals surface area contributed by atoms with Gasteiger partial charge in [0.25, 0.3) is 0 Å². The van der Waals surface area contributed by atoms with Crippen LogP contribution in [0.25, 0.3) is 0 Å². The van der Waals surface area contributed by atoms with Gasteiger partial charge in [-0.2, -0.15) is 0 Å². The van der Waals surface area contributed by atoms with Crippen molar-refractivity contribution in [2.45, 2.75) is 25.6 Å². The molecule has 2 aromatic carbocycles. The number of aliphatic hydroxyl groups is 1. The first-order valence-corrected chi connectivity index (χ1v) is 6.25. The second kappa shape index (κ2) is 4.46. The van der Waals surface area contributed by atoms with Gasteiger partial charge in [-0.25, -0.2) is 0 Å². The first kappa shape index (κ1) is 11.3. The molecule has 18 heavy (non-hydrogen) atoms. The minimum absolute atomic E-state index is 0.0592. The summed E-state index contributed by atoms with van der Waals surface area (Å²) in [4.78, 5) is 0. The van der Waals surface area contributed by atoms with E-state index >= 15 is 0 Å². The van der Waals surface area contributed by atoms with Crippen LogP contribution in [0.1, 0.15) is 35.3 Å². The maximum absolute atomic E-state index is 10.2. The van der Waals surface area contributed by atoms with E-state index < -0.39 is 6.10 Å². The molecule has 2 unspecified atom stereocenters. The molecule has 2 nitrogen and oxygen atoms in total. The molecule has 2 aromatic rings. The normalized spacial score (nSPS) is 22.1. The Morgan fingerprint density at radius 2 is 1.67 bits per heavy atom. The average Bonchev–Trinajstić information content (AvgIpc) is 2.39. The Bertz CT molecular complexity index is 563. The fourth-order valence-corrected chi connectivity index (χ4v) is 2.53. The third-order valence-corrected chi connectivity index (χ3v) is 3.52. The van der Waals surface area contributed by atoms with Crippen molar-refractivity contribution in [1.82, 2.24) is 0 Å². The van der Waals surface area contributed by atoms with E-state index in [1.807, 2.05) is 36.4 Å². The highest BCUT2D eigenvalue weighted by Crippen LogP contribution is 2.41. The van der Waals surface area contributed by atoms with Gasteiger partial charge in [0.15, 0.2) is 0 Å². The maximum Gasteiger partial charge on any atom is 0.127 e. The van der Waals surface area contributed by atoms with Crippen molar-refractivity contribution < 1.29 is 9.84 Å². The van der Waals surface area contributed by atoms with Gasteiger partial charge in [-0.15, -0.1) is 0 Å². The second-order valence-corrected chi connectivity index (χ2v) is 4.75. The van der Waals surface area contributed by atoms with Crippen molar-refractivity contribution in [3.63, 3.8) is 0 Å². The van der Waals surface area contributed by atoms with Crippen molar-refractivity contribution in [1.29, 1.82) is 0 Å². The number of hydrogen-bond acceptors (Lipinski definition) is 2. The van der Waals surface area contributed by atoms with Crippen molar-refractivity contribution in [3.05, 3.63) is 65.2 Å². The van der Waals surface area contributed by atoms with Crippen LogP contribution in [0, 0.1) is 6.92 Å². The predicted octanol–water partition coefficient (Wildman–Crippen LogP) is 3.55. The molecule has 1 aliphatic heterocycles. The van der Waals surface area contributed by atoms with Crippen molar-refractivity contribution in [2.75, 3.05) is 0 Å². The fourth-order valence-electron chi connectivity index (χ4n) is 2.53. The average molecular weight is 240 g/mol. The molecule has 0 saturated heterocycles. The van der Waals surface area contributed by atoms with E-state index in [-0.39, 0.29) is 6.10 Å². The number of fused-ring (bicyclic) bond motifs is 1. The monoisotopic (exact) mass is 240 g/mol. The highest BCUT2D eigenvalue weighted by atomic mass is 16.5. The molecule has 0 aromatic heterocycles. The molecule has 0 spiro atoms. The van der Waals surface area contributed by atoms with E-state index in [9.17, 15) is 5.11 Å². The van der Waals surface area contributed by atoms with Crippen molar-refractivity contribution >= 4 is 0 Å². The summed E-state index contributed by atoms with van der Waals surface area (Å²) in [5.74, 6) is 0.796. The van der Waals surface area contributed by atoms with Gasteiger partial charge in [-0.3, -0.25) is 0 Å². The molecule has 1 heterocycles. The Morgan fingerprint density at radius 3 is 2.44 bits per heavy atom.